The molecule has 1 aromatic heterocycles. The van der Waals surface area contributed by atoms with Crippen LogP contribution in [0.25, 0.3) is 10.9 Å². The van der Waals surface area contributed by atoms with Crippen LogP contribution < -0.4 is 14.8 Å². The van der Waals surface area contributed by atoms with Crippen molar-refractivity contribution in [3.8, 4) is 11.5 Å². The van der Waals surface area contributed by atoms with Crippen LogP contribution in [0.2, 0.25) is 0 Å². The van der Waals surface area contributed by atoms with Gasteiger partial charge in [-0.25, -0.2) is 19.6 Å². The van der Waals surface area contributed by atoms with E-state index < -0.39 is 11.9 Å². The van der Waals surface area contributed by atoms with Crippen molar-refractivity contribution in [1.82, 2.24) is 14.9 Å². The van der Waals surface area contributed by atoms with Crippen molar-refractivity contribution in [3.05, 3.63) is 96.3 Å². The largest absolute Gasteiger partial charge is 0.493 e. The summed E-state index contributed by atoms with van der Waals surface area (Å²) in [6.07, 6.45) is 3.58. The van der Waals surface area contributed by atoms with Crippen molar-refractivity contribution >= 4 is 40.1 Å². The number of fused-ring (bicyclic) bond motifs is 1. The smallest absolute Gasteiger partial charge is 0.328 e. The number of anilines is 2. The lowest BCUT2D eigenvalue weighted by molar-refractivity contribution is -0.134. The number of aromatic nitrogens is 2. The van der Waals surface area contributed by atoms with Crippen molar-refractivity contribution in [2.24, 2.45) is 5.16 Å². The molecule has 48 heavy (non-hydrogen) atoms. The molecule has 0 aliphatic carbocycles. The standard InChI is InChI=1S/C31H35N5O4.C4H4O4/c1-23(35-40-21-24-7-4-3-5-8-24)25-9-11-26(12-10-25)34-31-27-19-30(29(37-2)20-28(27)32-22-33-31)39-16-6-13-36-14-17-38-18-15-36;5-3(6)1-2-4(7)8/h3-5,7-12,19-20,22H,6,13-18,21H2,1-2H3,(H,32,33,34);1-2H,(H,5,6)(H,7,8)/b;2-1-. The first-order valence-corrected chi connectivity index (χ1v) is 15.3. The molecular formula is C35H39N5O8. The highest BCUT2D eigenvalue weighted by Gasteiger charge is 2.14. The van der Waals surface area contributed by atoms with Crippen molar-refractivity contribution in [2.45, 2.75) is 20.0 Å². The predicted molar refractivity (Wildman–Crippen MR) is 181 cm³/mol. The molecule has 4 aromatic rings. The number of carboxylic acid groups (broad SMARTS) is 2. The number of rotatable bonds is 14. The summed E-state index contributed by atoms with van der Waals surface area (Å²) in [5.41, 5.74) is 4.52. The number of nitrogens with one attached hydrogen (secondary N) is 1. The molecule has 0 bridgehead atoms. The second kappa shape index (κ2) is 18.6. The molecule has 0 spiro atoms. The predicted octanol–water partition coefficient (Wildman–Crippen LogP) is 5.14. The Balaban J connectivity index is 0.000000579. The molecule has 1 aliphatic heterocycles. The summed E-state index contributed by atoms with van der Waals surface area (Å²) in [7, 11) is 1.64. The highest BCUT2D eigenvalue weighted by molar-refractivity contribution is 5.99. The first kappa shape index (κ1) is 35.3. The van der Waals surface area contributed by atoms with Crippen LogP contribution in [0.1, 0.15) is 24.5 Å². The molecule has 1 aliphatic rings. The highest BCUT2D eigenvalue weighted by Crippen LogP contribution is 2.35. The van der Waals surface area contributed by atoms with E-state index in [1.165, 1.54) is 0 Å². The van der Waals surface area contributed by atoms with Crippen LogP contribution in [0.15, 0.2) is 90.4 Å². The zero-order valence-corrected chi connectivity index (χ0v) is 26.9. The van der Waals surface area contributed by atoms with Gasteiger partial charge < -0.3 is 34.6 Å². The van der Waals surface area contributed by atoms with Gasteiger partial charge >= 0.3 is 11.9 Å². The van der Waals surface area contributed by atoms with Crippen molar-refractivity contribution < 1.29 is 38.9 Å². The monoisotopic (exact) mass is 657 g/mol. The van der Waals surface area contributed by atoms with Crippen molar-refractivity contribution in [1.29, 1.82) is 0 Å². The molecule has 13 nitrogen and oxygen atoms in total. The molecule has 1 fully saturated rings. The molecule has 0 unspecified atom stereocenters. The number of morpholine rings is 1. The summed E-state index contributed by atoms with van der Waals surface area (Å²) in [5, 5.41) is 24.2. The molecule has 0 radical (unpaired) electrons. The molecule has 0 amide bonds. The van der Waals surface area contributed by atoms with Crippen LogP contribution in [0.4, 0.5) is 11.5 Å². The van der Waals surface area contributed by atoms with Crippen LogP contribution in [-0.4, -0.2) is 89.3 Å². The average molecular weight is 658 g/mol. The summed E-state index contributed by atoms with van der Waals surface area (Å²) in [4.78, 5) is 36.0. The summed E-state index contributed by atoms with van der Waals surface area (Å²) in [6.45, 7) is 7.48. The highest BCUT2D eigenvalue weighted by atomic mass is 16.6. The maximum Gasteiger partial charge on any atom is 0.328 e. The van der Waals surface area contributed by atoms with E-state index in [-0.39, 0.29) is 0 Å². The van der Waals surface area contributed by atoms with E-state index in [1.54, 1.807) is 13.4 Å². The molecule has 1 saturated heterocycles. The van der Waals surface area contributed by atoms with Gasteiger partial charge in [0.05, 0.1) is 38.2 Å². The Morgan fingerprint density at radius 2 is 1.69 bits per heavy atom. The number of benzene rings is 3. The van der Waals surface area contributed by atoms with Crippen LogP contribution in [-0.2, 0) is 25.8 Å². The number of aliphatic carboxylic acids is 2. The second-order valence-corrected chi connectivity index (χ2v) is 10.5. The van der Waals surface area contributed by atoms with E-state index in [0.29, 0.717) is 42.7 Å². The van der Waals surface area contributed by atoms with E-state index in [0.717, 1.165) is 72.7 Å². The Bertz CT molecular complexity index is 1680. The minimum atomic E-state index is -1.26. The first-order chi connectivity index (χ1) is 23.3. The third kappa shape index (κ3) is 11.4. The second-order valence-electron chi connectivity index (χ2n) is 10.5. The number of methoxy groups -OCH3 is 1. The first-order valence-electron chi connectivity index (χ1n) is 15.3. The van der Waals surface area contributed by atoms with Gasteiger partial charge in [0.15, 0.2) is 11.5 Å². The quantitative estimate of drug-likeness (QED) is 0.0709. The minimum Gasteiger partial charge on any atom is -0.493 e. The minimum absolute atomic E-state index is 0.433. The Morgan fingerprint density at radius 1 is 0.979 bits per heavy atom. The molecule has 13 heteroatoms. The lowest BCUT2D eigenvalue weighted by Crippen LogP contribution is -2.37. The molecule has 3 aromatic carbocycles. The van der Waals surface area contributed by atoms with E-state index in [4.69, 9.17) is 29.3 Å². The number of nitrogens with zero attached hydrogens (tertiary/aromatic N) is 4. The van der Waals surface area contributed by atoms with Gasteiger partial charge in [-0.1, -0.05) is 47.6 Å². The average Bonchev–Trinajstić information content (AvgIpc) is 3.10. The Labute approximate surface area is 278 Å². The molecule has 5 rings (SSSR count). The maximum atomic E-state index is 9.55. The summed E-state index contributed by atoms with van der Waals surface area (Å²) >= 11 is 0. The zero-order chi connectivity index (χ0) is 34.1. The number of carbonyl (C=O) groups is 2. The number of hydrogen-bond donors (Lipinski definition) is 3. The van der Waals surface area contributed by atoms with Gasteiger partial charge in [-0.05, 0) is 42.7 Å². The molecule has 0 atom stereocenters. The number of hydrogen-bond acceptors (Lipinski definition) is 11. The van der Waals surface area contributed by atoms with Crippen LogP contribution >= 0.6 is 0 Å². The van der Waals surface area contributed by atoms with Gasteiger partial charge in [0.2, 0.25) is 0 Å². The molecule has 0 saturated carbocycles. The van der Waals surface area contributed by atoms with Gasteiger partial charge in [-0.15, -0.1) is 0 Å². The van der Waals surface area contributed by atoms with E-state index in [1.807, 2.05) is 73.7 Å². The molecular weight excluding hydrogens is 618 g/mol. The third-order valence-electron chi connectivity index (χ3n) is 7.11. The van der Waals surface area contributed by atoms with Crippen LogP contribution in [0.5, 0.6) is 11.5 Å². The fourth-order valence-electron chi connectivity index (χ4n) is 4.64. The topological polar surface area (TPSA) is 165 Å². The van der Waals surface area contributed by atoms with Gasteiger partial charge in [0, 0.05) is 48.9 Å². The van der Waals surface area contributed by atoms with E-state index >= 15 is 0 Å². The van der Waals surface area contributed by atoms with E-state index in [2.05, 4.69) is 25.3 Å². The van der Waals surface area contributed by atoms with Gasteiger partial charge in [-0.3, -0.25) is 4.90 Å². The Morgan fingerprint density at radius 3 is 2.35 bits per heavy atom. The normalized spacial score (nSPS) is 13.4. The van der Waals surface area contributed by atoms with E-state index in [9.17, 15) is 9.59 Å². The summed E-state index contributed by atoms with van der Waals surface area (Å²) < 4.78 is 17.2. The van der Waals surface area contributed by atoms with Gasteiger partial charge in [-0.2, -0.15) is 0 Å². The summed E-state index contributed by atoms with van der Waals surface area (Å²) in [5.74, 6) is -0.500. The number of ether oxygens (including phenoxy) is 3. The SMILES string of the molecule is COc1cc2ncnc(Nc3ccc(C(C)=NOCc4ccccc4)cc3)c2cc1OCCCN1CCOCC1.O=C(O)/C=C\C(=O)O. The Kier molecular flexibility index (Phi) is 13.7. The molecule has 2 heterocycles. The summed E-state index contributed by atoms with van der Waals surface area (Å²) in [6, 6.07) is 21.8. The maximum absolute atomic E-state index is 9.55. The number of oxime groups is 1. The van der Waals surface area contributed by atoms with Crippen molar-refractivity contribution in [2.75, 3.05) is 51.9 Å². The molecule has 252 valence electrons. The van der Waals surface area contributed by atoms with Crippen molar-refractivity contribution in [3.63, 3.8) is 0 Å². The van der Waals surface area contributed by atoms with Crippen LogP contribution in [0, 0.1) is 0 Å². The van der Waals surface area contributed by atoms with Gasteiger partial charge in [0.25, 0.3) is 0 Å². The number of carboxylic acids is 2. The molecule has 3 N–H and O–H groups in total. The lowest BCUT2D eigenvalue weighted by Gasteiger charge is -2.26. The van der Waals surface area contributed by atoms with Crippen LogP contribution in [0.3, 0.4) is 0 Å². The zero-order valence-electron chi connectivity index (χ0n) is 26.9. The Hall–Kier alpha value is -5.53. The fraction of sp³-hybridized carbons (Fsp3) is 0.286. The fourth-order valence-corrected chi connectivity index (χ4v) is 4.64. The van der Waals surface area contributed by atoms with Gasteiger partial charge in [0.1, 0.15) is 18.8 Å². The lowest BCUT2D eigenvalue weighted by atomic mass is 10.1. The third-order valence-corrected chi connectivity index (χ3v) is 7.11.